The van der Waals surface area contributed by atoms with Crippen LogP contribution in [0.5, 0.6) is 0 Å². The SMILES string of the molecule is CC(O)c1cc2cnc(Nc3ccc(CN4CCN(C)CC4)cn3)nc2c(N2CCCC2)n1. The molecule has 0 aromatic carbocycles. The molecule has 174 valence electrons. The van der Waals surface area contributed by atoms with Crippen molar-refractivity contribution in [3.8, 4) is 0 Å². The van der Waals surface area contributed by atoms with Gasteiger partial charge in [0.15, 0.2) is 5.82 Å². The molecule has 33 heavy (non-hydrogen) atoms. The molecular weight excluding hydrogens is 416 g/mol. The molecule has 9 nitrogen and oxygen atoms in total. The lowest BCUT2D eigenvalue weighted by Crippen LogP contribution is -2.43. The minimum Gasteiger partial charge on any atom is -0.387 e. The van der Waals surface area contributed by atoms with E-state index < -0.39 is 6.10 Å². The van der Waals surface area contributed by atoms with E-state index in [0.717, 1.165) is 75.4 Å². The van der Waals surface area contributed by atoms with Gasteiger partial charge in [-0.15, -0.1) is 0 Å². The highest BCUT2D eigenvalue weighted by Crippen LogP contribution is 2.29. The second-order valence-electron chi connectivity index (χ2n) is 9.13. The van der Waals surface area contributed by atoms with Gasteiger partial charge in [-0.25, -0.2) is 19.9 Å². The Kier molecular flexibility index (Phi) is 6.34. The number of nitrogens with zero attached hydrogens (tertiary/aromatic N) is 7. The minimum atomic E-state index is -0.637. The molecule has 3 aromatic rings. The fourth-order valence-electron chi connectivity index (χ4n) is 4.44. The van der Waals surface area contributed by atoms with Crippen molar-refractivity contribution in [2.75, 3.05) is 56.5 Å². The van der Waals surface area contributed by atoms with Crippen molar-refractivity contribution in [1.29, 1.82) is 0 Å². The Balaban J connectivity index is 1.34. The molecule has 0 spiro atoms. The number of aliphatic hydroxyl groups excluding tert-OH is 1. The summed E-state index contributed by atoms with van der Waals surface area (Å²) in [5.74, 6) is 2.03. The van der Waals surface area contributed by atoms with Gasteiger partial charge in [-0.1, -0.05) is 6.07 Å². The Labute approximate surface area is 194 Å². The third-order valence-corrected chi connectivity index (χ3v) is 6.47. The first kappa shape index (κ1) is 21.9. The molecule has 3 aromatic heterocycles. The van der Waals surface area contributed by atoms with Gasteiger partial charge in [-0.05, 0) is 44.5 Å². The quantitative estimate of drug-likeness (QED) is 0.590. The highest BCUT2D eigenvalue weighted by Gasteiger charge is 2.20. The number of piperazine rings is 1. The van der Waals surface area contributed by atoms with Crippen molar-refractivity contribution < 1.29 is 5.11 Å². The molecule has 2 aliphatic heterocycles. The van der Waals surface area contributed by atoms with Crippen LogP contribution in [-0.4, -0.2) is 81.2 Å². The molecule has 1 atom stereocenters. The van der Waals surface area contributed by atoms with E-state index >= 15 is 0 Å². The second-order valence-corrected chi connectivity index (χ2v) is 9.13. The van der Waals surface area contributed by atoms with Crippen molar-refractivity contribution in [2.45, 2.75) is 32.4 Å². The first-order valence-corrected chi connectivity index (χ1v) is 11.8. The third-order valence-electron chi connectivity index (χ3n) is 6.47. The molecule has 0 aliphatic carbocycles. The third kappa shape index (κ3) is 5.05. The van der Waals surface area contributed by atoms with Gasteiger partial charge in [0.1, 0.15) is 11.3 Å². The van der Waals surface area contributed by atoms with Gasteiger partial charge >= 0.3 is 0 Å². The van der Waals surface area contributed by atoms with Crippen LogP contribution in [0.3, 0.4) is 0 Å². The van der Waals surface area contributed by atoms with Crippen molar-refractivity contribution in [3.05, 3.63) is 41.9 Å². The molecule has 0 radical (unpaired) electrons. The molecular formula is C24H32N8O. The van der Waals surface area contributed by atoms with E-state index in [-0.39, 0.29) is 0 Å². The van der Waals surface area contributed by atoms with Gasteiger partial charge in [0.25, 0.3) is 0 Å². The van der Waals surface area contributed by atoms with Gasteiger partial charge in [0.05, 0.1) is 11.8 Å². The number of pyridine rings is 2. The van der Waals surface area contributed by atoms with Crippen LogP contribution in [0.2, 0.25) is 0 Å². The number of nitrogens with one attached hydrogen (secondary N) is 1. The largest absolute Gasteiger partial charge is 0.387 e. The minimum absolute atomic E-state index is 0.494. The summed E-state index contributed by atoms with van der Waals surface area (Å²) < 4.78 is 0. The van der Waals surface area contributed by atoms with Crippen molar-refractivity contribution >= 4 is 28.5 Å². The fourth-order valence-corrected chi connectivity index (χ4v) is 4.44. The summed E-state index contributed by atoms with van der Waals surface area (Å²) in [6, 6.07) is 5.96. The average molecular weight is 449 g/mol. The Hall–Kier alpha value is -2.88. The summed E-state index contributed by atoms with van der Waals surface area (Å²) >= 11 is 0. The number of hydrogen-bond donors (Lipinski definition) is 2. The van der Waals surface area contributed by atoms with Crippen LogP contribution >= 0.6 is 0 Å². The van der Waals surface area contributed by atoms with Crippen LogP contribution in [-0.2, 0) is 6.54 Å². The van der Waals surface area contributed by atoms with E-state index in [1.165, 1.54) is 5.56 Å². The monoisotopic (exact) mass is 448 g/mol. The average Bonchev–Trinajstić information content (AvgIpc) is 3.36. The Morgan fingerprint density at radius 1 is 1.00 bits per heavy atom. The molecule has 0 saturated carbocycles. The molecule has 2 fully saturated rings. The summed E-state index contributed by atoms with van der Waals surface area (Å²) in [6.45, 7) is 8.96. The van der Waals surface area contributed by atoms with Crippen LogP contribution in [0.1, 0.15) is 37.1 Å². The highest BCUT2D eigenvalue weighted by atomic mass is 16.3. The molecule has 0 amide bonds. The molecule has 1 unspecified atom stereocenters. The van der Waals surface area contributed by atoms with Gasteiger partial charge in [-0.2, -0.15) is 0 Å². The van der Waals surface area contributed by atoms with Crippen LogP contribution in [0.4, 0.5) is 17.6 Å². The Morgan fingerprint density at radius 3 is 2.48 bits per heavy atom. The number of aliphatic hydroxyl groups is 1. The second kappa shape index (κ2) is 9.54. The van der Waals surface area contributed by atoms with Crippen LogP contribution in [0.15, 0.2) is 30.6 Å². The van der Waals surface area contributed by atoms with E-state index in [9.17, 15) is 5.11 Å². The maximum absolute atomic E-state index is 10.1. The number of rotatable bonds is 6. The molecule has 2 aliphatic rings. The van der Waals surface area contributed by atoms with E-state index in [0.29, 0.717) is 17.5 Å². The van der Waals surface area contributed by atoms with Crippen molar-refractivity contribution in [2.24, 2.45) is 0 Å². The zero-order chi connectivity index (χ0) is 22.8. The van der Waals surface area contributed by atoms with Gasteiger partial charge < -0.3 is 20.2 Å². The van der Waals surface area contributed by atoms with E-state index in [1.807, 2.05) is 18.3 Å². The lowest BCUT2D eigenvalue weighted by atomic mass is 10.2. The Morgan fingerprint density at radius 2 is 1.79 bits per heavy atom. The fraction of sp³-hybridized carbons (Fsp3) is 0.500. The normalized spacial score (nSPS) is 18.7. The molecule has 9 heteroatoms. The summed E-state index contributed by atoms with van der Waals surface area (Å²) in [6.07, 6.45) is 5.36. The number of anilines is 3. The van der Waals surface area contributed by atoms with E-state index in [4.69, 9.17) is 9.97 Å². The first-order chi connectivity index (χ1) is 16.0. The van der Waals surface area contributed by atoms with Gasteiger partial charge in [0.2, 0.25) is 5.95 Å². The standard InChI is InChI=1S/C24H32N8O/c1-17(33)20-13-19-15-26-24(29-22(19)23(27-20)32-7-3-4-8-32)28-21-6-5-18(14-25-21)16-31-11-9-30(2)10-12-31/h5-6,13-15,17,33H,3-4,7-12,16H2,1-2H3,(H,25,26,28,29). The van der Waals surface area contributed by atoms with Crippen molar-refractivity contribution in [1.82, 2.24) is 29.7 Å². The van der Waals surface area contributed by atoms with Crippen LogP contribution < -0.4 is 10.2 Å². The van der Waals surface area contributed by atoms with Gasteiger partial charge in [-0.3, -0.25) is 4.90 Å². The zero-order valence-corrected chi connectivity index (χ0v) is 19.4. The summed E-state index contributed by atoms with van der Waals surface area (Å²) in [4.78, 5) is 25.7. The topological polar surface area (TPSA) is 93.5 Å². The molecule has 5 heterocycles. The first-order valence-electron chi connectivity index (χ1n) is 11.8. The number of hydrogen-bond acceptors (Lipinski definition) is 9. The molecule has 0 bridgehead atoms. The lowest BCUT2D eigenvalue weighted by molar-refractivity contribution is 0.148. The van der Waals surface area contributed by atoms with E-state index in [2.05, 4.69) is 43.1 Å². The summed E-state index contributed by atoms with van der Waals surface area (Å²) in [5, 5.41) is 14.2. The molecule has 2 N–H and O–H groups in total. The smallest absolute Gasteiger partial charge is 0.229 e. The van der Waals surface area contributed by atoms with Gasteiger partial charge in [0, 0.05) is 63.6 Å². The lowest BCUT2D eigenvalue weighted by Gasteiger charge is -2.32. The molecule has 5 rings (SSSR count). The maximum Gasteiger partial charge on any atom is 0.229 e. The number of fused-ring (bicyclic) bond motifs is 1. The van der Waals surface area contributed by atoms with Crippen LogP contribution in [0.25, 0.3) is 10.9 Å². The highest BCUT2D eigenvalue weighted by molar-refractivity contribution is 5.89. The predicted molar refractivity (Wildman–Crippen MR) is 130 cm³/mol. The zero-order valence-electron chi connectivity index (χ0n) is 19.4. The maximum atomic E-state index is 10.1. The van der Waals surface area contributed by atoms with Crippen molar-refractivity contribution in [3.63, 3.8) is 0 Å². The summed E-state index contributed by atoms with van der Waals surface area (Å²) in [7, 11) is 2.17. The number of aromatic nitrogens is 4. The molecule has 2 saturated heterocycles. The summed E-state index contributed by atoms with van der Waals surface area (Å²) in [5.41, 5.74) is 2.65. The van der Waals surface area contributed by atoms with E-state index in [1.54, 1.807) is 13.1 Å². The predicted octanol–water partition coefficient (Wildman–Crippen LogP) is 2.56. The Bertz CT molecular complexity index is 1090. The number of likely N-dealkylation sites (N-methyl/N-ethyl adjacent to an activating group) is 1. The van der Waals surface area contributed by atoms with Crippen LogP contribution in [0, 0.1) is 0 Å².